The molecule has 0 N–H and O–H groups in total. The van der Waals surface area contributed by atoms with E-state index in [0.717, 1.165) is 174 Å². The van der Waals surface area contributed by atoms with E-state index >= 15 is 0 Å². The van der Waals surface area contributed by atoms with Crippen molar-refractivity contribution in [1.82, 2.24) is 38.1 Å². The molecule has 0 amide bonds. The van der Waals surface area contributed by atoms with E-state index < -0.39 is 0 Å². The van der Waals surface area contributed by atoms with Gasteiger partial charge in [-0.15, -0.1) is 54.6 Å². The molecule has 16 rings (SSSR count). The first-order chi connectivity index (χ1) is 43.2. The largest absolute Gasteiger partial charge is 3.00 e. The summed E-state index contributed by atoms with van der Waals surface area (Å²) in [5.74, 6) is 1.87. The van der Waals surface area contributed by atoms with Gasteiger partial charge < -0.3 is 13.2 Å². The molecule has 0 aliphatic heterocycles. The quantitative estimate of drug-likeness (QED) is 0.155. The summed E-state index contributed by atoms with van der Waals surface area (Å²) in [4.78, 5) is 26.8. The molecular formula is C79H58Br3IrN8. The molecule has 0 saturated heterocycles. The zero-order chi connectivity index (χ0) is 61.9. The van der Waals surface area contributed by atoms with Crippen molar-refractivity contribution in [3.63, 3.8) is 0 Å². The SMILES string of the molecule is CC(C)(C)c1cc2c(Br)cc[c-]c2c2nc3cc(-c4ccccc4-c4cc(-c5ccccc5-c5ccc6c(c5)nc5c7[c-]ccc(Br)c7nc(C(C)(C)C)n65)cc(-c5ccccc5-c5ccc6c(c5)nc5c7[c-]ccc(Br)c7nc(C(C)(C)C)n65)c4)ccc3n12.[Ir+3]. The number of aromatic nitrogens is 8. The van der Waals surface area contributed by atoms with Gasteiger partial charge in [0.05, 0.1) is 50.0 Å². The normalized spacial score (nSPS) is 12.5. The zero-order valence-corrected chi connectivity index (χ0v) is 58.6. The van der Waals surface area contributed by atoms with Crippen LogP contribution in [0, 0.1) is 18.2 Å². The third-order valence-corrected chi connectivity index (χ3v) is 19.5. The van der Waals surface area contributed by atoms with Crippen LogP contribution in [0.3, 0.4) is 0 Å². The Morgan fingerprint density at radius 3 is 1.02 bits per heavy atom. The Morgan fingerprint density at radius 2 is 0.659 bits per heavy atom. The number of imidazole rings is 3. The maximum Gasteiger partial charge on any atom is 3.00 e. The molecule has 91 heavy (non-hydrogen) atoms. The molecule has 10 aromatic carbocycles. The molecule has 444 valence electrons. The fourth-order valence-corrected chi connectivity index (χ4v) is 14.6. The van der Waals surface area contributed by atoms with Crippen LogP contribution in [0.2, 0.25) is 0 Å². The van der Waals surface area contributed by atoms with Crippen LogP contribution < -0.4 is 0 Å². The van der Waals surface area contributed by atoms with Gasteiger partial charge in [0.25, 0.3) is 0 Å². The van der Waals surface area contributed by atoms with Crippen molar-refractivity contribution in [2.75, 3.05) is 0 Å². The zero-order valence-electron chi connectivity index (χ0n) is 51.4. The topological polar surface area (TPSA) is 77.7 Å². The Bertz CT molecular complexity index is 5170. The summed E-state index contributed by atoms with van der Waals surface area (Å²) in [5.41, 5.74) is 23.5. The third-order valence-electron chi connectivity index (χ3n) is 17.5. The van der Waals surface area contributed by atoms with Crippen LogP contribution >= 0.6 is 47.8 Å². The van der Waals surface area contributed by atoms with E-state index in [9.17, 15) is 0 Å². The van der Waals surface area contributed by atoms with E-state index in [1.54, 1.807) is 0 Å². The van der Waals surface area contributed by atoms with Crippen LogP contribution in [0.15, 0.2) is 201 Å². The van der Waals surface area contributed by atoms with Crippen molar-refractivity contribution >= 4 is 130 Å². The molecule has 16 aromatic rings. The molecule has 12 heteroatoms. The maximum absolute atomic E-state index is 5.44. The smallest absolute Gasteiger partial charge is 0.337 e. The summed E-state index contributed by atoms with van der Waals surface area (Å²) in [6.07, 6.45) is 0. The summed E-state index contributed by atoms with van der Waals surface area (Å²) in [7, 11) is 0. The van der Waals surface area contributed by atoms with Gasteiger partial charge in [-0.3, -0.25) is 24.9 Å². The number of nitrogens with zero attached hydrogens (tertiary/aromatic N) is 8. The van der Waals surface area contributed by atoms with Gasteiger partial charge in [0, 0.05) is 21.9 Å². The van der Waals surface area contributed by atoms with Crippen LogP contribution in [-0.4, -0.2) is 38.1 Å². The van der Waals surface area contributed by atoms with Crippen molar-refractivity contribution in [2.45, 2.75) is 78.6 Å². The fraction of sp³-hybridized carbons (Fsp3) is 0.152. The Balaban J connectivity index is 0.00000689. The molecular weight excluding hydrogens is 1490 g/mol. The van der Waals surface area contributed by atoms with Crippen LogP contribution in [0.5, 0.6) is 0 Å². The molecule has 0 bridgehead atoms. The second-order valence-electron chi connectivity index (χ2n) is 26.7. The minimum Gasteiger partial charge on any atom is -0.337 e. The molecule has 0 aliphatic rings. The molecule has 6 aromatic heterocycles. The predicted molar refractivity (Wildman–Crippen MR) is 382 cm³/mol. The van der Waals surface area contributed by atoms with Gasteiger partial charge in [0.2, 0.25) is 0 Å². The summed E-state index contributed by atoms with van der Waals surface area (Å²) in [6, 6.07) is 78.3. The number of rotatable bonds is 6. The van der Waals surface area contributed by atoms with Crippen molar-refractivity contribution in [3.8, 4) is 66.8 Å². The average molecular weight is 1550 g/mol. The standard InChI is InChI=1S/C79H58Br3N8.Ir/c1-77(2,3)69-43-59-56(25-16-28-60(59)80)72-83-63-40-44(31-34-66(63)88(69)72)50-19-10-13-22-53(50)47-37-48(54-23-14-11-20-51(54)45-32-35-67-64(41-45)84-73-57-26-17-29-61(81)70(57)86-75(89(67)73)78(4,5)6)39-49(38-47)55-24-15-12-21-52(55)46-33-36-68-65(42-46)85-74-58-27-18-30-62(82)71(58)87-76(90(68)74)79(7,8)9;/h10-24,28-43H,1-9H3;/q-3;+3. The van der Waals surface area contributed by atoms with E-state index in [-0.39, 0.29) is 36.4 Å². The van der Waals surface area contributed by atoms with E-state index in [1.165, 1.54) is 5.69 Å². The Kier molecular flexibility index (Phi) is 14.1. The summed E-state index contributed by atoms with van der Waals surface area (Å²) >= 11 is 11.5. The molecule has 0 fully saturated rings. The Labute approximate surface area is 566 Å². The van der Waals surface area contributed by atoms with Gasteiger partial charge in [0.1, 0.15) is 11.6 Å². The predicted octanol–water partition coefficient (Wildman–Crippen LogP) is 21.9. The second kappa shape index (κ2) is 21.7. The van der Waals surface area contributed by atoms with Crippen molar-refractivity contribution < 1.29 is 20.1 Å². The molecule has 0 radical (unpaired) electrons. The monoisotopic (exact) mass is 1550 g/mol. The fourth-order valence-electron chi connectivity index (χ4n) is 13.3. The van der Waals surface area contributed by atoms with E-state index in [1.807, 2.05) is 30.3 Å². The van der Waals surface area contributed by atoms with Crippen molar-refractivity contribution in [1.29, 1.82) is 0 Å². The number of hydrogen-bond acceptors (Lipinski definition) is 5. The first-order valence-electron chi connectivity index (χ1n) is 30.3. The summed E-state index contributed by atoms with van der Waals surface area (Å²) in [5, 5.41) is 3.83. The van der Waals surface area contributed by atoms with E-state index in [0.29, 0.717) is 0 Å². The van der Waals surface area contributed by atoms with Crippen LogP contribution in [0.25, 0.3) is 149 Å². The van der Waals surface area contributed by atoms with Gasteiger partial charge in [-0.05, 0) is 141 Å². The summed E-state index contributed by atoms with van der Waals surface area (Å²) < 4.78 is 9.65. The Hall–Kier alpha value is -8.22. The third kappa shape index (κ3) is 9.69. The van der Waals surface area contributed by atoms with Crippen molar-refractivity contribution in [3.05, 3.63) is 237 Å². The van der Waals surface area contributed by atoms with Crippen LogP contribution in [0.4, 0.5) is 0 Å². The van der Waals surface area contributed by atoms with Gasteiger partial charge in [-0.25, -0.2) is 0 Å². The molecule has 0 spiro atoms. The first kappa shape index (κ1) is 59.1. The van der Waals surface area contributed by atoms with E-state index in [2.05, 4.69) is 299 Å². The minimum absolute atomic E-state index is 0. The van der Waals surface area contributed by atoms with E-state index in [4.69, 9.17) is 24.9 Å². The van der Waals surface area contributed by atoms with Crippen LogP contribution in [-0.2, 0) is 36.4 Å². The number of halogens is 3. The molecule has 0 saturated carbocycles. The maximum atomic E-state index is 5.44. The van der Waals surface area contributed by atoms with Gasteiger partial charge in [-0.1, -0.05) is 233 Å². The number of hydrogen-bond donors (Lipinski definition) is 0. The number of pyridine rings is 1. The number of fused-ring (bicyclic) bond motifs is 15. The summed E-state index contributed by atoms with van der Waals surface area (Å²) in [6.45, 7) is 20.0. The van der Waals surface area contributed by atoms with Crippen molar-refractivity contribution in [2.24, 2.45) is 0 Å². The average Bonchev–Trinajstić information content (AvgIpc) is 2.07. The molecule has 8 nitrogen and oxygen atoms in total. The van der Waals surface area contributed by atoms with Gasteiger partial charge >= 0.3 is 20.1 Å². The Morgan fingerprint density at radius 1 is 0.330 bits per heavy atom. The molecule has 0 unspecified atom stereocenters. The number of benzene rings is 10. The van der Waals surface area contributed by atoms with Gasteiger partial charge in [0.15, 0.2) is 0 Å². The molecule has 6 heterocycles. The second-order valence-corrected chi connectivity index (χ2v) is 29.3. The molecule has 0 atom stereocenters. The first-order valence-corrected chi connectivity index (χ1v) is 32.7. The molecule has 0 aliphatic carbocycles. The minimum atomic E-state index is -0.274. The van der Waals surface area contributed by atoms with Crippen LogP contribution in [0.1, 0.15) is 79.7 Å². The van der Waals surface area contributed by atoms with Gasteiger partial charge in [-0.2, -0.15) is 0 Å².